The highest BCUT2D eigenvalue weighted by Crippen LogP contribution is 2.26. The smallest absolute Gasteiger partial charge is 0.200 e. The van der Waals surface area contributed by atoms with E-state index in [4.69, 9.17) is 23.2 Å². The highest BCUT2D eigenvalue weighted by atomic mass is 35.5. The minimum Gasteiger partial charge on any atom is -0.200 e. The first-order valence-corrected chi connectivity index (χ1v) is 9.86. The lowest BCUT2D eigenvalue weighted by atomic mass is 9.87. The second-order valence-electron chi connectivity index (χ2n) is 6.75. The van der Waals surface area contributed by atoms with Gasteiger partial charge in [-0.2, -0.15) is 13.5 Å². The fraction of sp³-hybridized carbons (Fsp3) is 0.278. The summed E-state index contributed by atoms with van der Waals surface area (Å²) in [7, 11) is -3.78. The predicted molar refractivity (Wildman–Crippen MR) is 104 cm³/mol. The fourth-order valence-corrected chi connectivity index (χ4v) is 3.70. The van der Waals surface area contributed by atoms with Gasteiger partial charge in [-0.15, -0.1) is 0 Å². The van der Waals surface area contributed by atoms with Gasteiger partial charge >= 0.3 is 0 Å². The van der Waals surface area contributed by atoms with Crippen LogP contribution in [0.5, 0.6) is 0 Å². The maximum Gasteiger partial charge on any atom is 0.276 e. The summed E-state index contributed by atoms with van der Waals surface area (Å²) in [5, 5.41) is 4.71. The highest BCUT2D eigenvalue weighted by molar-refractivity contribution is 7.89. The second kappa shape index (κ2) is 7.36. The van der Waals surface area contributed by atoms with Crippen molar-refractivity contribution in [2.24, 2.45) is 5.10 Å². The lowest BCUT2D eigenvalue weighted by molar-refractivity contribution is 0.577. The average molecular weight is 399 g/mol. The summed E-state index contributed by atoms with van der Waals surface area (Å²) in [5.74, 6) is 0. The van der Waals surface area contributed by atoms with E-state index in [1.165, 1.54) is 6.21 Å². The molecule has 4 nitrogen and oxygen atoms in total. The minimum atomic E-state index is -3.78. The maximum atomic E-state index is 12.6. The van der Waals surface area contributed by atoms with E-state index in [0.29, 0.717) is 21.2 Å². The summed E-state index contributed by atoms with van der Waals surface area (Å²) < 4.78 is 25.2. The molecule has 0 saturated heterocycles. The number of sulfonamides is 1. The van der Waals surface area contributed by atoms with Gasteiger partial charge in [0.2, 0.25) is 0 Å². The van der Waals surface area contributed by atoms with Crippen LogP contribution in [-0.4, -0.2) is 14.6 Å². The van der Waals surface area contributed by atoms with E-state index in [9.17, 15) is 8.42 Å². The van der Waals surface area contributed by atoms with Crippen molar-refractivity contribution in [3.8, 4) is 0 Å². The molecule has 25 heavy (non-hydrogen) atoms. The van der Waals surface area contributed by atoms with E-state index in [2.05, 4.69) is 9.93 Å². The molecule has 0 spiro atoms. The van der Waals surface area contributed by atoms with Crippen LogP contribution in [0, 0.1) is 6.92 Å². The fourth-order valence-electron chi connectivity index (χ4n) is 2.18. The number of halogens is 2. The summed E-state index contributed by atoms with van der Waals surface area (Å²) in [5.41, 5.74) is 2.00. The number of nitrogens with zero attached hydrogens (tertiary/aromatic N) is 1. The van der Waals surface area contributed by atoms with E-state index in [-0.39, 0.29) is 10.3 Å². The van der Waals surface area contributed by atoms with Crippen LogP contribution in [0.25, 0.3) is 0 Å². The van der Waals surface area contributed by atoms with Crippen molar-refractivity contribution < 1.29 is 8.42 Å². The van der Waals surface area contributed by atoms with Gasteiger partial charge in [-0.05, 0) is 41.7 Å². The topological polar surface area (TPSA) is 58.5 Å². The van der Waals surface area contributed by atoms with E-state index < -0.39 is 10.0 Å². The number of hydrazone groups is 1. The SMILES string of the molecule is Cc1ccc(C(C)(C)C)cc1S(=O)(=O)N/N=C/c1ccc(Cl)cc1Cl. The Morgan fingerprint density at radius 3 is 2.36 bits per heavy atom. The average Bonchev–Trinajstić information content (AvgIpc) is 2.48. The molecule has 0 heterocycles. The Balaban J connectivity index is 2.29. The molecule has 0 atom stereocenters. The summed E-state index contributed by atoms with van der Waals surface area (Å²) in [6, 6.07) is 10.3. The van der Waals surface area contributed by atoms with Gasteiger partial charge in [0.1, 0.15) is 0 Å². The lowest BCUT2D eigenvalue weighted by Crippen LogP contribution is -2.21. The number of nitrogens with one attached hydrogen (secondary N) is 1. The van der Waals surface area contributed by atoms with E-state index in [1.54, 1.807) is 37.3 Å². The molecule has 7 heteroatoms. The van der Waals surface area contributed by atoms with Crippen LogP contribution in [0.4, 0.5) is 0 Å². The Bertz CT molecular complexity index is 917. The highest BCUT2D eigenvalue weighted by Gasteiger charge is 2.21. The Kier molecular flexibility index (Phi) is 5.82. The van der Waals surface area contributed by atoms with Crippen LogP contribution in [0.1, 0.15) is 37.5 Å². The van der Waals surface area contributed by atoms with Gasteiger partial charge < -0.3 is 0 Å². The third-order valence-corrected chi connectivity index (χ3v) is 5.61. The van der Waals surface area contributed by atoms with Crippen molar-refractivity contribution in [2.75, 3.05) is 0 Å². The Morgan fingerprint density at radius 1 is 1.08 bits per heavy atom. The zero-order valence-electron chi connectivity index (χ0n) is 14.5. The molecular formula is C18H20Cl2N2O2S. The molecule has 0 radical (unpaired) electrons. The number of aryl methyl sites for hydroxylation is 1. The standard InChI is InChI=1S/C18H20Cl2N2O2S/c1-12-5-7-14(18(2,3)4)9-17(12)25(23,24)22-21-11-13-6-8-15(19)10-16(13)20/h5-11,22H,1-4H3/b21-11+. The summed E-state index contributed by atoms with van der Waals surface area (Å²) >= 11 is 11.9. The van der Waals surface area contributed by atoms with Crippen molar-refractivity contribution in [1.29, 1.82) is 0 Å². The summed E-state index contributed by atoms with van der Waals surface area (Å²) in [6.07, 6.45) is 1.35. The number of rotatable bonds is 4. The molecule has 0 aliphatic rings. The minimum absolute atomic E-state index is 0.155. The lowest BCUT2D eigenvalue weighted by Gasteiger charge is -2.20. The van der Waals surface area contributed by atoms with Gasteiger partial charge in [0.25, 0.3) is 10.0 Å². The van der Waals surface area contributed by atoms with Crippen LogP contribution in [-0.2, 0) is 15.4 Å². The molecule has 2 rings (SSSR count). The first-order valence-electron chi connectivity index (χ1n) is 7.62. The van der Waals surface area contributed by atoms with Crippen LogP contribution in [0.15, 0.2) is 46.4 Å². The molecular weight excluding hydrogens is 379 g/mol. The van der Waals surface area contributed by atoms with Gasteiger partial charge in [0.15, 0.2) is 0 Å². The van der Waals surface area contributed by atoms with Crippen LogP contribution < -0.4 is 4.83 Å². The zero-order chi connectivity index (χ0) is 18.8. The summed E-state index contributed by atoms with van der Waals surface area (Å²) in [4.78, 5) is 2.44. The van der Waals surface area contributed by atoms with Crippen molar-refractivity contribution in [1.82, 2.24) is 4.83 Å². The van der Waals surface area contributed by atoms with Crippen LogP contribution in [0.3, 0.4) is 0 Å². The van der Waals surface area contributed by atoms with Crippen molar-refractivity contribution in [2.45, 2.75) is 38.0 Å². The molecule has 0 fully saturated rings. The van der Waals surface area contributed by atoms with Gasteiger partial charge in [0, 0.05) is 10.6 Å². The molecule has 0 aliphatic heterocycles. The molecule has 0 unspecified atom stereocenters. The molecule has 0 bridgehead atoms. The van der Waals surface area contributed by atoms with Crippen molar-refractivity contribution in [3.05, 3.63) is 63.1 Å². The quantitative estimate of drug-likeness (QED) is 0.587. The number of benzene rings is 2. The van der Waals surface area contributed by atoms with Crippen molar-refractivity contribution in [3.63, 3.8) is 0 Å². The predicted octanol–water partition coefficient (Wildman–Crippen LogP) is 4.91. The Hall–Kier alpha value is -1.56. The molecule has 2 aromatic rings. The Labute approximate surface area is 158 Å². The number of hydrogen-bond donors (Lipinski definition) is 1. The molecule has 0 aliphatic carbocycles. The van der Waals surface area contributed by atoms with Crippen LogP contribution in [0.2, 0.25) is 10.0 Å². The van der Waals surface area contributed by atoms with Crippen LogP contribution >= 0.6 is 23.2 Å². The summed E-state index contributed by atoms with van der Waals surface area (Å²) in [6.45, 7) is 7.84. The molecule has 0 aromatic heterocycles. The largest absolute Gasteiger partial charge is 0.276 e. The zero-order valence-corrected chi connectivity index (χ0v) is 16.8. The van der Waals surface area contributed by atoms with Crippen molar-refractivity contribution >= 4 is 39.4 Å². The molecule has 2 aromatic carbocycles. The van der Waals surface area contributed by atoms with E-state index in [1.807, 2.05) is 26.8 Å². The van der Waals surface area contributed by atoms with Gasteiger partial charge in [-0.3, -0.25) is 0 Å². The number of hydrogen-bond acceptors (Lipinski definition) is 3. The third kappa shape index (κ3) is 4.97. The first kappa shape index (κ1) is 19.8. The van der Waals surface area contributed by atoms with Gasteiger partial charge in [0.05, 0.1) is 16.1 Å². The molecule has 134 valence electrons. The monoisotopic (exact) mass is 398 g/mol. The maximum absolute atomic E-state index is 12.6. The third-order valence-electron chi connectivity index (χ3n) is 3.68. The Morgan fingerprint density at radius 2 is 1.76 bits per heavy atom. The molecule has 1 N–H and O–H groups in total. The first-order chi connectivity index (χ1) is 11.5. The van der Waals surface area contributed by atoms with E-state index in [0.717, 1.165) is 5.56 Å². The van der Waals surface area contributed by atoms with Gasteiger partial charge in [-0.25, -0.2) is 4.83 Å². The molecule has 0 saturated carbocycles. The second-order valence-corrected chi connectivity index (χ2v) is 9.22. The van der Waals surface area contributed by atoms with E-state index >= 15 is 0 Å². The normalized spacial score (nSPS) is 12.6. The molecule has 0 amide bonds. The van der Waals surface area contributed by atoms with Gasteiger partial charge in [-0.1, -0.05) is 62.2 Å².